The molecule has 0 saturated heterocycles. The Hall–Kier alpha value is -0.730. The first-order valence-electron chi connectivity index (χ1n) is 6.05. The third-order valence-corrected chi connectivity index (χ3v) is 3.03. The summed E-state index contributed by atoms with van der Waals surface area (Å²) in [4.78, 5) is 11.2. The predicted octanol–water partition coefficient (Wildman–Crippen LogP) is 3.52. The zero-order valence-corrected chi connectivity index (χ0v) is 9.83. The minimum Gasteiger partial charge on any atom is -0.434 e. The van der Waals surface area contributed by atoms with Gasteiger partial charge in [0.1, 0.15) is 6.10 Å². The summed E-state index contributed by atoms with van der Waals surface area (Å²) in [5, 5.41) is 0. The number of carbonyl (C=O) groups excluding carboxylic acids is 1. The highest BCUT2D eigenvalue weighted by Crippen LogP contribution is 2.23. The molecule has 1 unspecified atom stereocenters. The van der Waals surface area contributed by atoms with E-state index in [0.29, 0.717) is 12.5 Å². The molecule has 1 saturated carbocycles. The largest absolute Gasteiger partial charge is 0.508 e. The molecule has 0 aromatic carbocycles. The molecule has 1 atom stereocenters. The molecular weight excluding hydrogens is 192 g/mol. The van der Waals surface area contributed by atoms with Gasteiger partial charge in [-0.25, -0.2) is 4.79 Å². The van der Waals surface area contributed by atoms with E-state index in [9.17, 15) is 4.79 Å². The van der Waals surface area contributed by atoms with E-state index in [1.807, 2.05) is 13.8 Å². The lowest BCUT2D eigenvalue weighted by Crippen LogP contribution is -2.20. The van der Waals surface area contributed by atoms with Crippen LogP contribution in [0, 0.1) is 5.92 Å². The van der Waals surface area contributed by atoms with Gasteiger partial charge in [0.2, 0.25) is 0 Å². The van der Waals surface area contributed by atoms with Crippen molar-refractivity contribution >= 4 is 6.16 Å². The quantitative estimate of drug-likeness (QED) is 0.672. The van der Waals surface area contributed by atoms with Gasteiger partial charge in [-0.05, 0) is 32.1 Å². The first-order valence-corrected chi connectivity index (χ1v) is 6.05. The molecule has 3 nitrogen and oxygen atoms in total. The molecule has 3 heteroatoms. The molecule has 1 aliphatic carbocycles. The van der Waals surface area contributed by atoms with Crippen LogP contribution in [0.1, 0.15) is 52.4 Å². The average molecular weight is 214 g/mol. The summed E-state index contributed by atoms with van der Waals surface area (Å²) in [6, 6.07) is 0. The highest BCUT2D eigenvalue weighted by Gasteiger charge is 2.16. The number of rotatable bonds is 4. The summed E-state index contributed by atoms with van der Waals surface area (Å²) in [5.74, 6) is 0.559. The van der Waals surface area contributed by atoms with Crippen molar-refractivity contribution in [3.05, 3.63) is 0 Å². The van der Waals surface area contributed by atoms with E-state index in [0.717, 1.165) is 6.42 Å². The van der Waals surface area contributed by atoms with Crippen LogP contribution in [0.4, 0.5) is 4.79 Å². The van der Waals surface area contributed by atoms with Crippen molar-refractivity contribution in [3.8, 4) is 0 Å². The summed E-state index contributed by atoms with van der Waals surface area (Å²) < 4.78 is 10.1. The summed E-state index contributed by atoms with van der Waals surface area (Å²) in [7, 11) is 0. The molecule has 0 aromatic rings. The van der Waals surface area contributed by atoms with Gasteiger partial charge in [-0.15, -0.1) is 0 Å². The fraction of sp³-hybridized carbons (Fsp3) is 0.917. The highest BCUT2D eigenvalue weighted by atomic mass is 16.7. The zero-order valence-electron chi connectivity index (χ0n) is 9.83. The maximum absolute atomic E-state index is 11.2. The Bertz CT molecular complexity index is 185. The van der Waals surface area contributed by atoms with Crippen molar-refractivity contribution in [3.63, 3.8) is 0 Å². The molecule has 0 spiro atoms. The van der Waals surface area contributed by atoms with Crippen molar-refractivity contribution in [2.75, 3.05) is 6.61 Å². The van der Waals surface area contributed by atoms with E-state index in [1.165, 1.54) is 32.1 Å². The van der Waals surface area contributed by atoms with Crippen molar-refractivity contribution in [2.45, 2.75) is 58.5 Å². The van der Waals surface area contributed by atoms with Gasteiger partial charge in [-0.3, -0.25) is 0 Å². The Morgan fingerprint density at radius 2 is 2.00 bits per heavy atom. The highest BCUT2D eigenvalue weighted by molar-refractivity contribution is 5.60. The van der Waals surface area contributed by atoms with Gasteiger partial charge in [0.25, 0.3) is 0 Å². The summed E-state index contributed by atoms with van der Waals surface area (Å²) in [5.41, 5.74) is 0. The van der Waals surface area contributed by atoms with Crippen LogP contribution in [0.3, 0.4) is 0 Å². The summed E-state index contributed by atoms with van der Waals surface area (Å²) in [6.45, 7) is 4.40. The Morgan fingerprint density at radius 1 is 1.33 bits per heavy atom. The van der Waals surface area contributed by atoms with Crippen LogP contribution >= 0.6 is 0 Å². The van der Waals surface area contributed by atoms with E-state index in [4.69, 9.17) is 9.47 Å². The lowest BCUT2D eigenvalue weighted by atomic mass is 9.90. The normalized spacial score (nSPS) is 19.6. The van der Waals surface area contributed by atoms with Crippen LogP contribution in [-0.2, 0) is 9.47 Å². The SMILES string of the molecule is CCC(C)OC(=O)OCC1CCCCC1. The van der Waals surface area contributed by atoms with Crippen molar-refractivity contribution in [2.24, 2.45) is 5.92 Å². The van der Waals surface area contributed by atoms with Gasteiger partial charge in [0, 0.05) is 0 Å². The van der Waals surface area contributed by atoms with Gasteiger partial charge in [-0.1, -0.05) is 26.2 Å². The second-order valence-electron chi connectivity index (χ2n) is 4.40. The van der Waals surface area contributed by atoms with E-state index >= 15 is 0 Å². The van der Waals surface area contributed by atoms with Crippen molar-refractivity contribution < 1.29 is 14.3 Å². The Labute approximate surface area is 92.1 Å². The maximum Gasteiger partial charge on any atom is 0.508 e. The number of hydrogen-bond acceptors (Lipinski definition) is 3. The Balaban J connectivity index is 2.10. The molecule has 0 heterocycles. The second kappa shape index (κ2) is 6.70. The fourth-order valence-corrected chi connectivity index (χ4v) is 1.82. The number of ether oxygens (including phenoxy) is 2. The molecule has 1 fully saturated rings. The number of hydrogen-bond donors (Lipinski definition) is 0. The van der Waals surface area contributed by atoms with Crippen LogP contribution < -0.4 is 0 Å². The van der Waals surface area contributed by atoms with Gasteiger partial charge >= 0.3 is 6.16 Å². The van der Waals surface area contributed by atoms with Crippen molar-refractivity contribution in [1.82, 2.24) is 0 Å². The third-order valence-electron chi connectivity index (χ3n) is 3.03. The maximum atomic E-state index is 11.2. The van der Waals surface area contributed by atoms with Crippen LogP contribution in [0.2, 0.25) is 0 Å². The standard InChI is InChI=1S/C12H22O3/c1-3-10(2)15-12(13)14-9-11-7-5-4-6-8-11/h10-11H,3-9H2,1-2H3. The molecule has 15 heavy (non-hydrogen) atoms. The molecule has 0 amide bonds. The molecular formula is C12H22O3. The number of carbonyl (C=O) groups is 1. The van der Waals surface area contributed by atoms with E-state index < -0.39 is 6.16 Å². The van der Waals surface area contributed by atoms with Crippen LogP contribution in [0.25, 0.3) is 0 Å². The molecule has 0 aliphatic heterocycles. The summed E-state index contributed by atoms with van der Waals surface area (Å²) in [6.07, 6.45) is 6.54. The van der Waals surface area contributed by atoms with E-state index in [1.54, 1.807) is 0 Å². The average Bonchev–Trinajstić information content (AvgIpc) is 2.27. The third kappa shape index (κ3) is 5.05. The minimum atomic E-state index is -0.505. The molecule has 1 aliphatic rings. The first kappa shape index (κ1) is 12.3. The van der Waals surface area contributed by atoms with Crippen LogP contribution in [0.5, 0.6) is 0 Å². The van der Waals surface area contributed by atoms with Crippen LogP contribution in [-0.4, -0.2) is 18.9 Å². The second-order valence-corrected chi connectivity index (χ2v) is 4.40. The van der Waals surface area contributed by atoms with Gasteiger partial charge in [-0.2, -0.15) is 0 Å². The molecule has 0 radical (unpaired) electrons. The molecule has 0 bridgehead atoms. The molecule has 88 valence electrons. The Kier molecular flexibility index (Phi) is 5.51. The van der Waals surface area contributed by atoms with Gasteiger partial charge in [0.15, 0.2) is 0 Å². The first-order chi connectivity index (χ1) is 7.22. The molecule has 1 rings (SSSR count). The fourth-order valence-electron chi connectivity index (χ4n) is 1.82. The lowest BCUT2D eigenvalue weighted by Gasteiger charge is -2.21. The van der Waals surface area contributed by atoms with Gasteiger partial charge in [0.05, 0.1) is 6.61 Å². The van der Waals surface area contributed by atoms with E-state index in [2.05, 4.69) is 0 Å². The van der Waals surface area contributed by atoms with Gasteiger partial charge < -0.3 is 9.47 Å². The topological polar surface area (TPSA) is 35.5 Å². The zero-order chi connectivity index (χ0) is 11.1. The van der Waals surface area contributed by atoms with Crippen LogP contribution in [0.15, 0.2) is 0 Å². The molecule has 0 aromatic heterocycles. The monoisotopic (exact) mass is 214 g/mol. The predicted molar refractivity (Wildman–Crippen MR) is 58.8 cm³/mol. The minimum absolute atomic E-state index is 0.0381. The summed E-state index contributed by atoms with van der Waals surface area (Å²) >= 11 is 0. The lowest BCUT2D eigenvalue weighted by molar-refractivity contribution is 0.0164. The Morgan fingerprint density at radius 3 is 2.60 bits per heavy atom. The van der Waals surface area contributed by atoms with E-state index in [-0.39, 0.29) is 6.10 Å². The molecule has 0 N–H and O–H groups in total. The smallest absolute Gasteiger partial charge is 0.434 e. The van der Waals surface area contributed by atoms with Crippen molar-refractivity contribution in [1.29, 1.82) is 0 Å².